The molecule has 3 aromatic heterocycles. The number of likely N-dealkylation sites (N-methyl/N-ethyl adjacent to an activating group) is 1. The molecule has 224 valence electrons. The number of hydrogen-bond acceptors (Lipinski definition) is 8. The summed E-state index contributed by atoms with van der Waals surface area (Å²) in [5.74, 6) is 0.112. The standard InChI is InChI=1S/C31H43N9O2/c1-21-16-23(17-27(33-21)25-19-32-37(7)22(25)2)29(41)35-30-34-26-9-8-24(18-28(26)40(30)20-31(3,4)42)39-14-12-38(13-15-39)11-10-36(5)6/h8-9,16-19,42H,10-15,20H2,1-7H3,(H,34,35,41). The van der Waals surface area contributed by atoms with Crippen LogP contribution in [0, 0.1) is 13.8 Å². The fourth-order valence-electron chi connectivity index (χ4n) is 5.38. The summed E-state index contributed by atoms with van der Waals surface area (Å²) in [7, 11) is 6.10. The Morgan fingerprint density at radius 3 is 2.45 bits per heavy atom. The number of nitrogens with one attached hydrogen (secondary N) is 1. The van der Waals surface area contributed by atoms with Gasteiger partial charge in [0.05, 0.1) is 35.1 Å². The zero-order chi connectivity index (χ0) is 30.2. The van der Waals surface area contributed by atoms with Crippen LogP contribution >= 0.6 is 0 Å². The number of aryl methyl sites for hydroxylation is 2. The number of carbonyl (C=O) groups excluding carboxylic acids is 1. The van der Waals surface area contributed by atoms with Crippen LogP contribution in [0.15, 0.2) is 36.5 Å². The minimum Gasteiger partial charge on any atom is -0.389 e. The number of piperazine rings is 1. The molecule has 0 spiro atoms. The van der Waals surface area contributed by atoms with Crippen molar-refractivity contribution >= 4 is 28.6 Å². The number of rotatable bonds is 9. The van der Waals surface area contributed by atoms with Gasteiger partial charge in [0.25, 0.3) is 5.91 Å². The lowest BCUT2D eigenvalue weighted by Crippen LogP contribution is -2.48. The van der Waals surface area contributed by atoms with E-state index in [9.17, 15) is 9.90 Å². The Hall–Kier alpha value is -3.80. The van der Waals surface area contributed by atoms with Crippen LogP contribution in [0.2, 0.25) is 0 Å². The first-order valence-electron chi connectivity index (χ1n) is 14.5. The van der Waals surface area contributed by atoms with Gasteiger partial charge >= 0.3 is 0 Å². The van der Waals surface area contributed by atoms with Crippen LogP contribution in [0.3, 0.4) is 0 Å². The number of fused-ring (bicyclic) bond motifs is 1. The number of benzene rings is 1. The second kappa shape index (κ2) is 11.8. The Balaban J connectivity index is 1.42. The van der Waals surface area contributed by atoms with E-state index in [0.29, 0.717) is 17.2 Å². The van der Waals surface area contributed by atoms with Crippen LogP contribution in [0.25, 0.3) is 22.3 Å². The second-order valence-corrected chi connectivity index (χ2v) is 12.2. The largest absolute Gasteiger partial charge is 0.389 e. The van der Waals surface area contributed by atoms with Crippen LogP contribution in [0.4, 0.5) is 11.6 Å². The third kappa shape index (κ3) is 6.64. The van der Waals surface area contributed by atoms with E-state index in [-0.39, 0.29) is 12.5 Å². The zero-order valence-corrected chi connectivity index (χ0v) is 25.8. The first-order valence-corrected chi connectivity index (χ1v) is 14.5. The van der Waals surface area contributed by atoms with Crippen molar-refractivity contribution in [1.29, 1.82) is 0 Å². The number of nitrogens with zero attached hydrogens (tertiary/aromatic N) is 8. The molecule has 1 aromatic carbocycles. The highest BCUT2D eigenvalue weighted by atomic mass is 16.3. The smallest absolute Gasteiger partial charge is 0.258 e. The summed E-state index contributed by atoms with van der Waals surface area (Å²) < 4.78 is 3.70. The molecule has 0 radical (unpaired) electrons. The molecule has 1 amide bonds. The van der Waals surface area contributed by atoms with Gasteiger partial charge in [0, 0.05) is 74.5 Å². The Morgan fingerprint density at radius 2 is 1.81 bits per heavy atom. The monoisotopic (exact) mass is 573 g/mol. The third-order valence-electron chi connectivity index (χ3n) is 7.83. The van der Waals surface area contributed by atoms with Gasteiger partial charge in [-0.2, -0.15) is 5.10 Å². The summed E-state index contributed by atoms with van der Waals surface area (Å²) in [5, 5.41) is 18.1. The molecule has 11 nitrogen and oxygen atoms in total. The number of amides is 1. The van der Waals surface area contributed by atoms with E-state index in [2.05, 4.69) is 56.3 Å². The number of anilines is 2. The average Bonchev–Trinajstić information content (AvgIpc) is 3.44. The maximum absolute atomic E-state index is 13.6. The van der Waals surface area contributed by atoms with Crippen LogP contribution in [0.5, 0.6) is 0 Å². The van der Waals surface area contributed by atoms with Crippen LogP contribution in [-0.2, 0) is 13.6 Å². The lowest BCUT2D eigenvalue weighted by Gasteiger charge is -2.36. The number of aliphatic hydroxyl groups is 1. The van der Waals surface area contributed by atoms with E-state index in [4.69, 9.17) is 4.98 Å². The first-order chi connectivity index (χ1) is 19.9. The van der Waals surface area contributed by atoms with Gasteiger partial charge in [-0.1, -0.05) is 0 Å². The van der Waals surface area contributed by atoms with E-state index in [1.807, 2.05) is 31.5 Å². The van der Waals surface area contributed by atoms with Crippen LogP contribution < -0.4 is 10.2 Å². The molecule has 1 fully saturated rings. The quantitative estimate of drug-likeness (QED) is 0.315. The van der Waals surface area contributed by atoms with Gasteiger partial charge in [0.2, 0.25) is 5.95 Å². The highest BCUT2D eigenvalue weighted by Gasteiger charge is 2.23. The predicted octanol–water partition coefficient (Wildman–Crippen LogP) is 3.16. The summed E-state index contributed by atoms with van der Waals surface area (Å²) in [4.78, 5) is 30.1. The minimum absolute atomic E-state index is 0.274. The number of carbonyl (C=O) groups is 1. The SMILES string of the molecule is Cc1cc(C(=O)Nc2nc3ccc(N4CCN(CCN(C)C)CC4)cc3n2CC(C)(C)O)cc(-c2cnn(C)c2C)n1. The highest BCUT2D eigenvalue weighted by molar-refractivity contribution is 6.05. The number of imidazole rings is 1. The van der Waals surface area contributed by atoms with E-state index in [1.54, 1.807) is 36.9 Å². The molecule has 0 bridgehead atoms. The van der Waals surface area contributed by atoms with Gasteiger partial charge in [-0.3, -0.25) is 24.7 Å². The number of pyridine rings is 1. The maximum atomic E-state index is 13.6. The molecule has 11 heteroatoms. The molecule has 1 saturated heterocycles. The third-order valence-corrected chi connectivity index (χ3v) is 7.83. The Bertz CT molecular complexity index is 1570. The van der Waals surface area contributed by atoms with Gasteiger partial charge < -0.3 is 19.5 Å². The van der Waals surface area contributed by atoms with Crippen LogP contribution in [-0.4, -0.2) is 104 Å². The molecule has 0 aliphatic carbocycles. The first kappa shape index (κ1) is 29.7. The zero-order valence-electron chi connectivity index (χ0n) is 25.8. The van der Waals surface area contributed by atoms with Crippen molar-refractivity contribution in [3.8, 4) is 11.3 Å². The summed E-state index contributed by atoms with van der Waals surface area (Å²) in [5.41, 5.74) is 5.51. The summed E-state index contributed by atoms with van der Waals surface area (Å²) >= 11 is 0. The van der Waals surface area contributed by atoms with Crippen molar-refractivity contribution in [2.75, 3.05) is 63.6 Å². The minimum atomic E-state index is -1.01. The highest BCUT2D eigenvalue weighted by Crippen LogP contribution is 2.29. The fourth-order valence-corrected chi connectivity index (χ4v) is 5.38. The van der Waals surface area contributed by atoms with Gasteiger partial charge in [-0.25, -0.2) is 4.98 Å². The lowest BCUT2D eigenvalue weighted by atomic mass is 10.1. The molecule has 5 rings (SSSR count). The molecule has 4 aromatic rings. The summed E-state index contributed by atoms with van der Waals surface area (Å²) in [6.07, 6.45) is 1.77. The molecule has 4 heterocycles. The maximum Gasteiger partial charge on any atom is 0.258 e. The molecule has 0 atom stereocenters. The van der Waals surface area contributed by atoms with E-state index >= 15 is 0 Å². The predicted molar refractivity (Wildman–Crippen MR) is 167 cm³/mol. The second-order valence-electron chi connectivity index (χ2n) is 12.2. The van der Waals surface area contributed by atoms with E-state index in [0.717, 1.165) is 72.9 Å². The fraction of sp³-hybridized carbons (Fsp3) is 0.484. The van der Waals surface area contributed by atoms with Crippen molar-refractivity contribution < 1.29 is 9.90 Å². The van der Waals surface area contributed by atoms with Crippen molar-refractivity contribution in [2.45, 2.75) is 39.8 Å². The molecule has 2 N–H and O–H groups in total. The van der Waals surface area contributed by atoms with Gasteiger partial charge in [0.1, 0.15) is 0 Å². The van der Waals surface area contributed by atoms with Gasteiger partial charge in [-0.15, -0.1) is 0 Å². The van der Waals surface area contributed by atoms with Crippen molar-refractivity contribution in [2.24, 2.45) is 7.05 Å². The van der Waals surface area contributed by atoms with Crippen molar-refractivity contribution in [1.82, 2.24) is 34.1 Å². The topological polar surface area (TPSA) is 108 Å². The lowest BCUT2D eigenvalue weighted by molar-refractivity contribution is 0.0630. The Kier molecular flexibility index (Phi) is 8.36. The summed E-state index contributed by atoms with van der Waals surface area (Å²) in [6.45, 7) is 13.7. The van der Waals surface area contributed by atoms with E-state index < -0.39 is 5.60 Å². The van der Waals surface area contributed by atoms with Gasteiger partial charge in [-0.05, 0) is 72.1 Å². The molecule has 0 saturated carbocycles. The molecule has 42 heavy (non-hydrogen) atoms. The van der Waals surface area contributed by atoms with Crippen molar-refractivity contribution in [3.05, 3.63) is 53.5 Å². The normalized spacial score (nSPS) is 14.7. The van der Waals surface area contributed by atoms with Gasteiger partial charge in [0.15, 0.2) is 0 Å². The molecular weight excluding hydrogens is 530 g/mol. The Labute approximate surface area is 247 Å². The molecular formula is C31H43N9O2. The average molecular weight is 574 g/mol. The number of aromatic nitrogens is 5. The van der Waals surface area contributed by atoms with E-state index in [1.165, 1.54) is 0 Å². The molecule has 1 aliphatic heterocycles. The molecule has 0 unspecified atom stereocenters. The summed E-state index contributed by atoms with van der Waals surface area (Å²) in [6, 6.07) is 9.77. The van der Waals surface area contributed by atoms with Crippen molar-refractivity contribution in [3.63, 3.8) is 0 Å². The molecule has 1 aliphatic rings. The Morgan fingerprint density at radius 1 is 1.07 bits per heavy atom. The number of hydrogen-bond donors (Lipinski definition) is 2. The van der Waals surface area contributed by atoms with Crippen LogP contribution in [0.1, 0.15) is 35.6 Å².